The van der Waals surface area contributed by atoms with Crippen LogP contribution in [0.3, 0.4) is 0 Å². The van der Waals surface area contributed by atoms with E-state index < -0.39 is 0 Å². The maximum atomic E-state index is 9.10. The van der Waals surface area contributed by atoms with Gasteiger partial charge in [-0.25, -0.2) is 0 Å². The fourth-order valence-electron chi connectivity index (χ4n) is 2.64. The van der Waals surface area contributed by atoms with Gasteiger partial charge < -0.3 is 5.11 Å². The molecular formula is C10H17NO. The first kappa shape index (κ1) is 8.27. The average molecular weight is 167 g/mol. The molecule has 2 heteroatoms. The zero-order valence-corrected chi connectivity index (χ0v) is 7.45. The standard InChI is InChI=1S/C10H17NO/c1-2-8-6-11-4-3-9(8)5-10(11)7-12/h2,8-10,12H,1,3-7H2/t8-,9?,10-/m0/s1. The molecule has 3 saturated heterocycles. The molecule has 0 amide bonds. The SMILES string of the molecule is C=C[C@H]1CN2CCC1C[C@H]2CO. The van der Waals surface area contributed by atoms with Crippen LogP contribution in [0.5, 0.6) is 0 Å². The Morgan fingerprint density at radius 1 is 1.58 bits per heavy atom. The van der Waals surface area contributed by atoms with Crippen LogP contribution < -0.4 is 0 Å². The third-order valence-corrected chi connectivity index (χ3v) is 3.44. The molecule has 12 heavy (non-hydrogen) atoms. The molecule has 0 saturated carbocycles. The van der Waals surface area contributed by atoms with Crippen molar-refractivity contribution < 1.29 is 5.11 Å². The fourth-order valence-corrected chi connectivity index (χ4v) is 2.64. The molecule has 3 heterocycles. The van der Waals surface area contributed by atoms with Gasteiger partial charge in [-0.3, -0.25) is 4.90 Å². The first-order valence-electron chi connectivity index (χ1n) is 4.82. The van der Waals surface area contributed by atoms with Crippen molar-refractivity contribution in [3.63, 3.8) is 0 Å². The summed E-state index contributed by atoms with van der Waals surface area (Å²) < 4.78 is 0. The molecule has 1 N–H and O–H groups in total. The van der Waals surface area contributed by atoms with Gasteiger partial charge in [0.1, 0.15) is 0 Å². The monoisotopic (exact) mass is 167 g/mol. The number of aliphatic hydroxyl groups is 1. The summed E-state index contributed by atoms with van der Waals surface area (Å²) in [6, 6.07) is 0.444. The highest BCUT2D eigenvalue weighted by Gasteiger charge is 2.38. The second-order valence-electron chi connectivity index (χ2n) is 4.02. The number of fused-ring (bicyclic) bond motifs is 3. The van der Waals surface area contributed by atoms with Crippen LogP contribution in [0, 0.1) is 11.8 Å². The van der Waals surface area contributed by atoms with E-state index in [2.05, 4.69) is 17.6 Å². The van der Waals surface area contributed by atoms with Gasteiger partial charge in [-0.1, -0.05) is 6.08 Å². The summed E-state index contributed by atoms with van der Waals surface area (Å²) in [5.74, 6) is 1.48. The third-order valence-electron chi connectivity index (χ3n) is 3.44. The molecule has 3 aliphatic heterocycles. The summed E-state index contributed by atoms with van der Waals surface area (Å²) in [4.78, 5) is 2.41. The Balaban J connectivity index is 2.05. The Hall–Kier alpha value is -0.340. The zero-order chi connectivity index (χ0) is 8.55. The van der Waals surface area contributed by atoms with Crippen molar-refractivity contribution >= 4 is 0 Å². The minimum atomic E-state index is 0.334. The van der Waals surface area contributed by atoms with Crippen LogP contribution in [-0.2, 0) is 0 Å². The van der Waals surface area contributed by atoms with Crippen molar-refractivity contribution in [2.45, 2.75) is 18.9 Å². The maximum absolute atomic E-state index is 9.10. The van der Waals surface area contributed by atoms with E-state index in [-0.39, 0.29) is 0 Å². The van der Waals surface area contributed by atoms with Gasteiger partial charge >= 0.3 is 0 Å². The van der Waals surface area contributed by atoms with Gasteiger partial charge in [-0.15, -0.1) is 6.58 Å². The van der Waals surface area contributed by atoms with Crippen LogP contribution in [0.4, 0.5) is 0 Å². The molecule has 0 spiro atoms. The quantitative estimate of drug-likeness (QED) is 0.617. The highest BCUT2D eigenvalue weighted by molar-refractivity contribution is 4.98. The van der Waals surface area contributed by atoms with E-state index in [1.807, 2.05) is 0 Å². The molecule has 3 rings (SSSR count). The molecule has 4 atom stereocenters. The lowest BCUT2D eigenvalue weighted by Gasteiger charge is -2.48. The summed E-state index contributed by atoms with van der Waals surface area (Å²) in [5.41, 5.74) is 0. The highest BCUT2D eigenvalue weighted by atomic mass is 16.3. The van der Waals surface area contributed by atoms with E-state index in [1.165, 1.54) is 19.4 Å². The first-order chi connectivity index (χ1) is 5.85. The smallest absolute Gasteiger partial charge is 0.0586 e. The number of piperidine rings is 3. The van der Waals surface area contributed by atoms with Gasteiger partial charge in [0.2, 0.25) is 0 Å². The molecule has 0 radical (unpaired) electrons. The van der Waals surface area contributed by atoms with Crippen LogP contribution in [0.25, 0.3) is 0 Å². The van der Waals surface area contributed by atoms with Gasteiger partial charge in [0.25, 0.3) is 0 Å². The Kier molecular flexibility index (Phi) is 2.20. The average Bonchev–Trinajstić information content (AvgIpc) is 2.18. The van der Waals surface area contributed by atoms with Gasteiger partial charge in [0.15, 0.2) is 0 Å². The Morgan fingerprint density at radius 2 is 2.42 bits per heavy atom. The fraction of sp³-hybridized carbons (Fsp3) is 0.800. The molecule has 0 aromatic rings. The molecule has 0 aliphatic carbocycles. The number of nitrogens with zero attached hydrogens (tertiary/aromatic N) is 1. The topological polar surface area (TPSA) is 23.5 Å². The van der Waals surface area contributed by atoms with Crippen LogP contribution in [0.2, 0.25) is 0 Å². The Morgan fingerprint density at radius 3 is 2.92 bits per heavy atom. The number of hydrogen-bond acceptors (Lipinski definition) is 2. The van der Waals surface area contributed by atoms with Gasteiger partial charge in [-0.05, 0) is 31.2 Å². The largest absolute Gasteiger partial charge is 0.395 e. The molecule has 3 fully saturated rings. The molecule has 68 valence electrons. The molecule has 2 unspecified atom stereocenters. The molecular weight excluding hydrogens is 150 g/mol. The Bertz CT molecular complexity index is 181. The minimum absolute atomic E-state index is 0.334. The number of aliphatic hydroxyl groups excluding tert-OH is 1. The predicted octanol–water partition coefficient (Wildman–Crippen LogP) is 0.875. The lowest BCUT2D eigenvalue weighted by atomic mass is 9.76. The van der Waals surface area contributed by atoms with E-state index in [1.54, 1.807) is 0 Å². The van der Waals surface area contributed by atoms with Crippen molar-refractivity contribution in [2.75, 3.05) is 19.7 Å². The van der Waals surface area contributed by atoms with Crippen LogP contribution in [0.15, 0.2) is 12.7 Å². The summed E-state index contributed by atoms with van der Waals surface area (Å²) in [6.45, 7) is 6.50. The molecule has 2 nitrogen and oxygen atoms in total. The second kappa shape index (κ2) is 3.19. The third kappa shape index (κ3) is 1.19. The van der Waals surface area contributed by atoms with Crippen molar-refractivity contribution in [1.82, 2.24) is 4.90 Å². The normalized spacial score (nSPS) is 46.1. The minimum Gasteiger partial charge on any atom is -0.395 e. The lowest BCUT2D eigenvalue weighted by Crippen LogP contribution is -2.54. The zero-order valence-electron chi connectivity index (χ0n) is 7.45. The first-order valence-corrected chi connectivity index (χ1v) is 4.82. The van der Waals surface area contributed by atoms with Crippen LogP contribution in [-0.4, -0.2) is 35.7 Å². The summed E-state index contributed by atoms with van der Waals surface area (Å²) in [6.07, 6.45) is 4.56. The lowest BCUT2D eigenvalue weighted by molar-refractivity contribution is -0.00631. The maximum Gasteiger partial charge on any atom is 0.0586 e. The molecule has 3 aliphatic rings. The molecule has 0 aromatic heterocycles. The molecule has 2 bridgehead atoms. The van der Waals surface area contributed by atoms with Crippen LogP contribution >= 0.6 is 0 Å². The number of rotatable bonds is 2. The van der Waals surface area contributed by atoms with Crippen molar-refractivity contribution in [2.24, 2.45) is 11.8 Å². The summed E-state index contributed by atoms with van der Waals surface area (Å²) in [5, 5.41) is 9.10. The molecule has 0 aromatic carbocycles. The van der Waals surface area contributed by atoms with Crippen molar-refractivity contribution in [1.29, 1.82) is 0 Å². The van der Waals surface area contributed by atoms with E-state index in [9.17, 15) is 0 Å². The van der Waals surface area contributed by atoms with E-state index in [4.69, 9.17) is 5.11 Å². The Labute approximate surface area is 73.9 Å². The van der Waals surface area contributed by atoms with E-state index in [0.29, 0.717) is 18.6 Å². The van der Waals surface area contributed by atoms with Gasteiger partial charge in [-0.2, -0.15) is 0 Å². The van der Waals surface area contributed by atoms with Gasteiger partial charge in [0, 0.05) is 12.6 Å². The highest BCUT2D eigenvalue weighted by Crippen LogP contribution is 2.36. The van der Waals surface area contributed by atoms with Gasteiger partial charge in [0.05, 0.1) is 6.61 Å². The van der Waals surface area contributed by atoms with E-state index in [0.717, 1.165) is 12.5 Å². The second-order valence-corrected chi connectivity index (χ2v) is 4.02. The van der Waals surface area contributed by atoms with E-state index >= 15 is 0 Å². The predicted molar refractivity (Wildman–Crippen MR) is 48.9 cm³/mol. The van der Waals surface area contributed by atoms with Crippen molar-refractivity contribution in [3.05, 3.63) is 12.7 Å². The van der Waals surface area contributed by atoms with Crippen molar-refractivity contribution in [3.8, 4) is 0 Å². The summed E-state index contributed by atoms with van der Waals surface area (Å²) >= 11 is 0. The number of hydrogen-bond donors (Lipinski definition) is 1. The van der Waals surface area contributed by atoms with Crippen LogP contribution in [0.1, 0.15) is 12.8 Å². The summed E-state index contributed by atoms with van der Waals surface area (Å²) in [7, 11) is 0.